The summed E-state index contributed by atoms with van der Waals surface area (Å²) in [6.45, 7) is 2.53. The zero-order valence-electron chi connectivity index (χ0n) is 8.49. The van der Waals surface area contributed by atoms with Crippen LogP contribution in [0.2, 0.25) is 0 Å². The molecule has 0 radical (unpaired) electrons. The average molecular weight is 207 g/mol. The second-order valence-electron chi connectivity index (χ2n) is 3.32. The van der Waals surface area contributed by atoms with Gasteiger partial charge in [-0.3, -0.25) is 0 Å². The topological polar surface area (TPSA) is 52.5 Å². The summed E-state index contributed by atoms with van der Waals surface area (Å²) in [4.78, 5) is 0. The fourth-order valence-electron chi connectivity index (χ4n) is 0.931. The van der Waals surface area contributed by atoms with E-state index in [0.29, 0.717) is 12.0 Å². The molecule has 3 nitrogen and oxygen atoms in total. The molecule has 0 saturated carbocycles. The molecule has 0 heterocycles. The van der Waals surface area contributed by atoms with Gasteiger partial charge >= 0.3 is 0 Å². The smallest absolute Gasteiger partial charge is 0.0464 e. The van der Waals surface area contributed by atoms with Crippen LogP contribution in [0.3, 0.4) is 0 Å². The Bertz CT molecular complexity index is 114. The standard InChI is InChI=1S/C9H21NO2S/c1-8(5-12)6-13-7-9(10-2)3-4-11/h8-12H,3-7H2,1-2H3. The molecule has 0 spiro atoms. The summed E-state index contributed by atoms with van der Waals surface area (Å²) in [6, 6.07) is 0.390. The maximum atomic E-state index is 8.79. The third kappa shape index (κ3) is 7.31. The number of hydrogen-bond donors (Lipinski definition) is 3. The van der Waals surface area contributed by atoms with Crippen molar-refractivity contribution in [2.45, 2.75) is 19.4 Å². The number of nitrogens with one attached hydrogen (secondary N) is 1. The van der Waals surface area contributed by atoms with Crippen molar-refractivity contribution in [1.82, 2.24) is 5.32 Å². The van der Waals surface area contributed by atoms with Crippen LogP contribution in [0.25, 0.3) is 0 Å². The first-order valence-electron chi connectivity index (χ1n) is 4.71. The van der Waals surface area contributed by atoms with Crippen LogP contribution in [0.5, 0.6) is 0 Å². The minimum Gasteiger partial charge on any atom is -0.396 e. The Hall–Kier alpha value is 0.230. The van der Waals surface area contributed by atoms with Crippen molar-refractivity contribution in [3.8, 4) is 0 Å². The Balaban J connectivity index is 3.37. The van der Waals surface area contributed by atoms with Gasteiger partial charge in [-0.25, -0.2) is 0 Å². The SMILES string of the molecule is CNC(CCO)CSCC(C)CO. The summed E-state index contributed by atoms with van der Waals surface area (Å²) < 4.78 is 0. The van der Waals surface area contributed by atoms with Crippen molar-refractivity contribution in [1.29, 1.82) is 0 Å². The van der Waals surface area contributed by atoms with Gasteiger partial charge in [-0.1, -0.05) is 6.92 Å². The Labute approximate surface area is 84.9 Å². The molecular weight excluding hydrogens is 186 g/mol. The van der Waals surface area contributed by atoms with Crippen molar-refractivity contribution in [2.24, 2.45) is 5.92 Å². The van der Waals surface area contributed by atoms with Crippen LogP contribution in [0.1, 0.15) is 13.3 Å². The van der Waals surface area contributed by atoms with Crippen molar-refractivity contribution < 1.29 is 10.2 Å². The highest BCUT2D eigenvalue weighted by atomic mass is 32.2. The Kier molecular flexibility index (Phi) is 8.97. The van der Waals surface area contributed by atoms with Gasteiger partial charge in [0, 0.05) is 25.0 Å². The molecule has 4 heteroatoms. The zero-order chi connectivity index (χ0) is 10.1. The lowest BCUT2D eigenvalue weighted by Gasteiger charge is -2.15. The zero-order valence-corrected chi connectivity index (χ0v) is 9.31. The predicted octanol–water partition coefficient (Wildman–Crippen LogP) is 0.318. The highest BCUT2D eigenvalue weighted by Gasteiger charge is 2.06. The molecule has 2 atom stereocenters. The largest absolute Gasteiger partial charge is 0.396 e. The summed E-state index contributed by atoms with van der Waals surface area (Å²) in [5.41, 5.74) is 0. The van der Waals surface area contributed by atoms with Gasteiger partial charge in [0.25, 0.3) is 0 Å². The number of aliphatic hydroxyl groups excluding tert-OH is 2. The van der Waals surface area contributed by atoms with Crippen LogP contribution in [0, 0.1) is 5.92 Å². The van der Waals surface area contributed by atoms with E-state index in [9.17, 15) is 0 Å². The van der Waals surface area contributed by atoms with E-state index in [1.54, 1.807) is 0 Å². The van der Waals surface area contributed by atoms with Gasteiger partial charge in [-0.2, -0.15) is 11.8 Å². The van der Waals surface area contributed by atoms with Gasteiger partial charge in [0.05, 0.1) is 0 Å². The molecule has 0 aromatic rings. The number of thioether (sulfide) groups is 1. The minimum atomic E-state index is 0.238. The van der Waals surface area contributed by atoms with Gasteiger partial charge in [-0.15, -0.1) is 0 Å². The molecule has 3 N–H and O–H groups in total. The van der Waals surface area contributed by atoms with Crippen LogP contribution in [0.4, 0.5) is 0 Å². The van der Waals surface area contributed by atoms with E-state index in [2.05, 4.69) is 5.32 Å². The molecule has 2 unspecified atom stereocenters. The first-order chi connectivity index (χ1) is 6.24. The monoisotopic (exact) mass is 207 g/mol. The molecule has 0 rings (SSSR count). The highest BCUT2D eigenvalue weighted by Crippen LogP contribution is 2.10. The van der Waals surface area contributed by atoms with Crippen LogP contribution < -0.4 is 5.32 Å². The highest BCUT2D eigenvalue weighted by molar-refractivity contribution is 7.99. The molecule has 0 saturated heterocycles. The van der Waals surface area contributed by atoms with Gasteiger partial charge < -0.3 is 15.5 Å². The molecule has 0 amide bonds. The van der Waals surface area contributed by atoms with E-state index in [0.717, 1.165) is 17.9 Å². The van der Waals surface area contributed by atoms with E-state index in [1.807, 2.05) is 25.7 Å². The number of hydrogen-bond acceptors (Lipinski definition) is 4. The molecule has 0 fully saturated rings. The lowest BCUT2D eigenvalue weighted by molar-refractivity contribution is 0.250. The Morgan fingerprint density at radius 3 is 2.46 bits per heavy atom. The Morgan fingerprint density at radius 1 is 1.31 bits per heavy atom. The molecule has 0 bridgehead atoms. The first-order valence-corrected chi connectivity index (χ1v) is 5.86. The van der Waals surface area contributed by atoms with E-state index < -0.39 is 0 Å². The summed E-state index contributed by atoms with van der Waals surface area (Å²) in [5, 5.41) is 20.7. The third-order valence-electron chi connectivity index (χ3n) is 1.92. The molecule has 0 aromatic heterocycles. The van der Waals surface area contributed by atoms with E-state index in [4.69, 9.17) is 10.2 Å². The van der Waals surface area contributed by atoms with Gasteiger partial charge in [0.2, 0.25) is 0 Å². The van der Waals surface area contributed by atoms with Crippen LogP contribution >= 0.6 is 11.8 Å². The van der Waals surface area contributed by atoms with Gasteiger partial charge in [0.1, 0.15) is 0 Å². The van der Waals surface area contributed by atoms with Crippen LogP contribution in [-0.4, -0.2) is 48.0 Å². The fraction of sp³-hybridized carbons (Fsp3) is 1.00. The summed E-state index contributed by atoms with van der Waals surface area (Å²) in [7, 11) is 1.91. The normalized spacial score (nSPS) is 15.7. The molecular formula is C9H21NO2S. The maximum absolute atomic E-state index is 8.79. The summed E-state index contributed by atoms with van der Waals surface area (Å²) >= 11 is 1.82. The van der Waals surface area contributed by atoms with Crippen LogP contribution in [0.15, 0.2) is 0 Å². The van der Waals surface area contributed by atoms with Gasteiger partial charge in [-0.05, 0) is 25.1 Å². The second-order valence-corrected chi connectivity index (χ2v) is 4.40. The van der Waals surface area contributed by atoms with Crippen molar-refractivity contribution in [2.75, 3.05) is 31.8 Å². The van der Waals surface area contributed by atoms with Crippen LogP contribution in [-0.2, 0) is 0 Å². The van der Waals surface area contributed by atoms with Crippen molar-refractivity contribution in [3.05, 3.63) is 0 Å². The lowest BCUT2D eigenvalue weighted by atomic mass is 10.2. The van der Waals surface area contributed by atoms with E-state index in [-0.39, 0.29) is 13.2 Å². The van der Waals surface area contributed by atoms with Crippen molar-refractivity contribution >= 4 is 11.8 Å². The second kappa shape index (κ2) is 8.81. The summed E-state index contributed by atoms with van der Waals surface area (Å²) in [6.07, 6.45) is 0.803. The molecule has 0 aliphatic rings. The van der Waals surface area contributed by atoms with E-state index in [1.165, 1.54) is 0 Å². The Morgan fingerprint density at radius 2 is 2.00 bits per heavy atom. The first kappa shape index (κ1) is 13.2. The molecule has 13 heavy (non-hydrogen) atoms. The van der Waals surface area contributed by atoms with E-state index >= 15 is 0 Å². The maximum Gasteiger partial charge on any atom is 0.0464 e. The fourth-order valence-corrected chi connectivity index (χ4v) is 2.19. The minimum absolute atomic E-state index is 0.238. The third-order valence-corrected chi connectivity index (χ3v) is 3.36. The molecule has 0 aliphatic heterocycles. The quantitative estimate of drug-likeness (QED) is 0.536. The van der Waals surface area contributed by atoms with Crippen molar-refractivity contribution in [3.63, 3.8) is 0 Å². The number of rotatable bonds is 8. The summed E-state index contributed by atoms with van der Waals surface area (Å²) in [5.74, 6) is 2.36. The molecule has 80 valence electrons. The molecule has 0 aliphatic carbocycles. The molecule has 0 aromatic carbocycles. The van der Waals surface area contributed by atoms with Gasteiger partial charge in [0.15, 0.2) is 0 Å². The lowest BCUT2D eigenvalue weighted by Crippen LogP contribution is -2.29. The number of aliphatic hydroxyl groups is 2. The predicted molar refractivity (Wildman–Crippen MR) is 58.1 cm³/mol. The average Bonchev–Trinajstić information content (AvgIpc) is 2.16.